The lowest BCUT2D eigenvalue weighted by atomic mass is 10.1. The zero-order chi connectivity index (χ0) is 15.1. The van der Waals surface area contributed by atoms with E-state index in [2.05, 4.69) is 29.0 Å². The van der Waals surface area contributed by atoms with Crippen LogP contribution in [0.1, 0.15) is 34.6 Å². The van der Waals surface area contributed by atoms with Gasteiger partial charge in [0.15, 0.2) is 0 Å². The lowest BCUT2D eigenvalue weighted by Crippen LogP contribution is -2.26. The van der Waals surface area contributed by atoms with Gasteiger partial charge < -0.3 is 15.7 Å². The predicted octanol–water partition coefficient (Wildman–Crippen LogP) is 3.03. The Morgan fingerprint density at radius 2 is 2.19 bits per heavy atom. The summed E-state index contributed by atoms with van der Waals surface area (Å²) in [6.45, 7) is 2.35. The van der Waals surface area contributed by atoms with Crippen LogP contribution in [0.5, 0.6) is 0 Å². The summed E-state index contributed by atoms with van der Waals surface area (Å²) in [4.78, 5) is 13.2. The Bertz CT molecular complexity index is 569. The smallest absolute Gasteiger partial charge is 0.251 e. The third kappa shape index (κ3) is 4.31. The Kier molecular flexibility index (Phi) is 5.78. The molecule has 1 aromatic carbocycles. The van der Waals surface area contributed by atoms with Crippen LogP contribution < -0.4 is 10.6 Å². The highest BCUT2D eigenvalue weighted by molar-refractivity contribution is 7.10. The number of anilines is 1. The van der Waals surface area contributed by atoms with Crippen molar-refractivity contribution in [3.8, 4) is 0 Å². The fourth-order valence-electron chi connectivity index (χ4n) is 2.09. The minimum Gasteiger partial charge on any atom is -0.395 e. The molecule has 3 N–H and O–H groups in total. The second kappa shape index (κ2) is 7.81. The van der Waals surface area contributed by atoms with Gasteiger partial charge >= 0.3 is 0 Å². The molecular weight excluding hydrogens is 284 g/mol. The van der Waals surface area contributed by atoms with Gasteiger partial charge in [0.1, 0.15) is 0 Å². The molecule has 0 saturated heterocycles. The minimum absolute atomic E-state index is 0.0556. The van der Waals surface area contributed by atoms with Gasteiger partial charge in [0.05, 0.1) is 12.6 Å². The first-order chi connectivity index (χ1) is 10.2. The molecule has 0 fully saturated rings. The summed E-state index contributed by atoms with van der Waals surface area (Å²) in [5.74, 6) is -0.170. The fourth-order valence-corrected chi connectivity index (χ4v) is 2.95. The molecule has 1 heterocycles. The summed E-state index contributed by atoms with van der Waals surface area (Å²) in [5.41, 5.74) is 1.52. The zero-order valence-electron chi connectivity index (χ0n) is 12.0. The van der Waals surface area contributed by atoms with Gasteiger partial charge in [0.2, 0.25) is 0 Å². The number of carbonyl (C=O) groups is 1. The van der Waals surface area contributed by atoms with E-state index in [1.165, 1.54) is 4.88 Å². The van der Waals surface area contributed by atoms with Crippen LogP contribution in [0.25, 0.3) is 0 Å². The first-order valence-electron chi connectivity index (χ1n) is 7.03. The van der Waals surface area contributed by atoms with Gasteiger partial charge in [0.25, 0.3) is 5.91 Å². The number of nitrogens with one attached hydrogen (secondary N) is 2. The monoisotopic (exact) mass is 304 g/mol. The Labute approximate surface area is 128 Å². The molecule has 1 aromatic heterocycles. The molecule has 0 aliphatic heterocycles. The summed E-state index contributed by atoms with van der Waals surface area (Å²) in [6.07, 6.45) is 0.974. The number of aliphatic hydroxyl groups excluding tert-OH is 1. The molecule has 0 saturated carbocycles. The van der Waals surface area contributed by atoms with Crippen molar-refractivity contribution < 1.29 is 9.90 Å². The topological polar surface area (TPSA) is 61.4 Å². The van der Waals surface area contributed by atoms with Gasteiger partial charge in [-0.2, -0.15) is 0 Å². The third-order valence-corrected chi connectivity index (χ3v) is 4.14. The van der Waals surface area contributed by atoms with Crippen molar-refractivity contribution in [2.75, 3.05) is 18.5 Å². The number of aliphatic hydroxyl groups is 1. The van der Waals surface area contributed by atoms with Crippen molar-refractivity contribution in [2.45, 2.75) is 19.4 Å². The van der Waals surface area contributed by atoms with E-state index in [0.717, 1.165) is 12.1 Å². The molecule has 1 amide bonds. The van der Waals surface area contributed by atoms with Crippen LogP contribution in [-0.4, -0.2) is 24.2 Å². The molecular formula is C16H20N2O2S. The largest absolute Gasteiger partial charge is 0.395 e. The van der Waals surface area contributed by atoms with E-state index in [1.807, 2.05) is 24.3 Å². The SMILES string of the molecule is CCC(Nc1cccc(C(=O)NCCO)c1)c1cccs1. The maximum atomic E-state index is 11.9. The maximum absolute atomic E-state index is 11.9. The van der Waals surface area contributed by atoms with Crippen LogP contribution in [0.3, 0.4) is 0 Å². The highest BCUT2D eigenvalue weighted by Crippen LogP contribution is 2.26. The normalized spacial score (nSPS) is 11.9. The first kappa shape index (κ1) is 15.5. The highest BCUT2D eigenvalue weighted by Gasteiger charge is 2.11. The second-order valence-corrected chi connectivity index (χ2v) is 5.66. The van der Waals surface area contributed by atoms with Gasteiger partial charge in [-0.05, 0) is 36.1 Å². The molecule has 0 bridgehead atoms. The summed E-state index contributed by atoms with van der Waals surface area (Å²) in [5, 5.41) is 16.9. The van der Waals surface area contributed by atoms with Crippen molar-refractivity contribution in [3.05, 3.63) is 52.2 Å². The van der Waals surface area contributed by atoms with Gasteiger partial charge in [-0.1, -0.05) is 19.1 Å². The molecule has 0 aliphatic rings. The first-order valence-corrected chi connectivity index (χ1v) is 7.91. The van der Waals surface area contributed by atoms with Crippen LogP contribution in [0.4, 0.5) is 5.69 Å². The molecule has 21 heavy (non-hydrogen) atoms. The second-order valence-electron chi connectivity index (χ2n) is 4.68. The number of amides is 1. The van der Waals surface area contributed by atoms with E-state index in [1.54, 1.807) is 17.4 Å². The average Bonchev–Trinajstić information content (AvgIpc) is 3.04. The van der Waals surface area contributed by atoms with E-state index in [-0.39, 0.29) is 25.1 Å². The average molecular weight is 304 g/mol. The van der Waals surface area contributed by atoms with Crippen molar-refractivity contribution in [3.63, 3.8) is 0 Å². The molecule has 0 radical (unpaired) electrons. The summed E-state index contributed by atoms with van der Waals surface area (Å²) >= 11 is 1.73. The molecule has 2 rings (SSSR count). The van der Waals surface area contributed by atoms with Crippen molar-refractivity contribution >= 4 is 22.9 Å². The molecule has 1 unspecified atom stereocenters. The molecule has 2 aromatic rings. The molecule has 1 atom stereocenters. The fraction of sp³-hybridized carbons (Fsp3) is 0.312. The third-order valence-electron chi connectivity index (χ3n) is 3.16. The Balaban J connectivity index is 2.08. The molecule has 0 aliphatic carbocycles. The molecule has 4 nitrogen and oxygen atoms in total. The Morgan fingerprint density at radius 3 is 2.86 bits per heavy atom. The lowest BCUT2D eigenvalue weighted by molar-refractivity contribution is 0.0945. The van der Waals surface area contributed by atoms with E-state index >= 15 is 0 Å². The highest BCUT2D eigenvalue weighted by atomic mass is 32.1. The van der Waals surface area contributed by atoms with E-state index in [0.29, 0.717) is 5.56 Å². The Morgan fingerprint density at radius 1 is 1.33 bits per heavy atom. The van der Waals surface area contributed by atoms with Crippen LogP contribution in [0.15, 0.2) is 41.8 Å². The number of hydrogen-bond acceptors (Lipinski definition) is 4. The predicted molar refractivity (Wildman–Crippen MR) is 86.8 cm³/mol. The van der Waals surface area contributed by atoms with E-state index in [4.69, 9.17) is 5.11 Å². The van der Waals surface area contributed by atoms with E-state index < -0.39 is 0 Å². The standard InChI is InChI=1S/C16H20N2O2S/c1-2-14(15-7-4-10-21-15)18-13-6-3-5-12(11-13)16(20)17-8-9-19/h3-7,10-11,14,18-19H,2,8-9H2,1H3,(H,17,20). The summed E-state index contributed by atoms with van der Waals surface area (Å²) in [6, 6.07) is 11.8. The number of rotatable bonds is 7. The minimum atomic E-state index is -0.170. The van der Waals surface area contributed by atoms with Gasteiger partial charge in [-0.15, -0.1) is 11.3 Å². The summed E-state index contributed by atoms with van der Waals surface area (Å²) < 4.78 is 0. The Hall–Kier alpha value is -1.85. The van der Waals surface area contributed by atoms with Crippen LogP contribution in [-0.2, 0) is 0 Å². The molecule has 0 spiro atoms. The van der Waals surface area contributed by atoms with Crippen molar-refractivity contribution in [1.82, 2.24) is 5.32 Å². The molecule has 112 valence electrons. The van der Waals surface area contributed by atoms with Crippen LogP contribution >= 0.6 is 11.3 Å². The van der Waals surface area contributed by atoms with Gasteiger partial charge in [-0.3, -0.25) is 4.79 Å². The van der Waals surface area contributed by atoms with Gasteiger partial charge in [0, 0.05) is 22.7 Å². The number of thiophene rings is 1. The lowest BCUT2D eigenvalue weighted by Gasteiger charge is -2.17. The number of benzene rings is 1. The van der Waals surface area contributed by atoms with Crippen molar-refractivity contribution in [2.24, 2.45) is 0 Å². The molecule has 5 heteroatoms. The number of carbonyl (C=O) groups excluding carboxylic acids is 1. The quantitative estimate of drug-likeness (QED) is 0.737. The zero-order valence-corrected chi connectivity index (χ0v) is 12.8. The summed E-state index contributed by atoms with van der Waals surface area (Å²) in [7, 11) is 0. The van der Waals surface area contributed by atoms with Gasteiger partial charge in [-0.25, -0.2) is 0 Å². The number of hydrogen-bond donors (Lipinski definition) is 3. The van der Waals surface area contributed by atoms with Crippen molar-refractivity contribution in [1.29, 1.82) is 0 Å². The van der Waals surface area contributed by atoms with E-state index in [9.17, 15) is 4.79 Å². The van der Waals surface area contributed by atoms with Crippen LogP contribution in [0, 0.1) is 0 Å². The van der Waals surface area contributed by atoms with Crippen LogP contribution in [0.2, 0.25) is 0 Å². The maximum Gasteiger partial charge on any atom is 0.251 e.